The molecular formula is C29H37NO3. The molecule has 0 radical (unpaired) electrons. The molecular weight excluding hydrogens is 410 g/mol. The summed E-state index contributed by atoms with van der Waals surface area (Å²) < 4.78 is 11.1. The van der Waals surface area contributed by atoms with E-state index in [1.807, 2.05) is 24.3 Å². The Morgan fingerprint density at radius 1 is 1.06 bits per heavy atom. The number of rotatable bonds is 6. The Balaban J connectivity index is 1.97. The van der Waals surface area contributed by atoms with Crippen LogP contribution in [0.4, 0.5) is 0 Å². The lowest BCUT2D eigenvalue weighted by molar-refractivity contribution is -0.139. The Morgan fingerprint density at radius 2 is 1.73 bits per heavy atom. The van der Waals surface area contributed by atoms with Crippen LogP contribution in [0.2, 0.25) is 0 Å². The molecule has 2 unspecified atom stereocenters. The first-order valence-corrected chi connectivity index (χ1v) is 11.9. The smallest absolute Gasteiger partial charge is 0.309 e. The quantitative estimate of drug-likeness (QED) is 0.410. The molecule has 0 saturated heterocycles. The molecule has 0 heterocycles. The fourth-order valence-electron chi connectivity index (χ4n) is 4.40. The van der Waals surface area contributed by atoms with E-state index in [9.17, 15) is 4.79 Å². The van der Waals surface area contributed by atoms with E-state index in [0.717, 1.165) is 35.3 Å². The van der Waals surface area contributed by atoms with E-state index in [-0.39, 0.29) is 18.5 Å². The molecule has 0 N–H and O–H groups in total. The fourth-order valence-corrected chi connectivity index (χ4v) is 4.40. The van der Waals surface area contributed by atoms with Crippen molar-refractivity contribution in [3.63, 3.8) is 0 Å². The van der Waals surface area contributed by atoms with E-state index in [1.165, 1.54) is 18.2 Å². The van der Waals surface area contributed by atoms with Crippen molar-refractivity contribution in [2.24, 2.45) is 0 Å². The van der Waals surface area contributed by atoms with E-state index in [0.29, 0.717) is 18.0 Å². The van der Waals surface area contributed by atoms with Crippen LogP contribution in [0.15, 0.2) is 36.4 Å². The predicted molar refractivity (Wildman–Crippen MR) is 134 cm³/mol. The Hall–Kier alpha value is -2.77. The average molecular weight is 448 g/mol. The van der Waals surface area contributed by atoms with Crippen LogP contribution in [0.3, 0.4) is 0 Å². The zero-order valence-corrected chi connectivity index (χ0v) is 21.1. The molecule has 2 aromatic rings. The van der Waals surface area contributed by atoms with Crippen molar-refractivity contribution in [2.75, 3.05) is 14.2 Å². The molecule has 4 nitrogen and oxygen atoms in total. The highest BCUT2D eigenvalue weighted by Crippen LogP contribution is 2.45. The lowest BCUT2D eigenvalue weighted by Gasteiger charge is -2.39. The van der Waals surface area contributed by atoms with Gasteiger partial charge in [-0.25, -0.2) is 0 Å². The van der Waals surface area contributed by atoms with Gasteiger partial charge in [0.1, 0.15) is 5.75 Å². The molecule has 176 valence electrons. The largest absolute Gasteiger partial charge is 0.491 e. The number of carbonyl (C=O) groups excluding carboxylic acids is 1. The molecule has 0 amide bonds. The molecule has 0 fully saturated rings. The normalized spacial score (nSPS) is 17.5. The number of esters is 1. The number of hydrogen-bond acceptors (Lipinski definition) is 4. The van der Waals surface area contributed by atoms with Gasteiger partial charge < -0.3 is 9.47 Å². The molecule has 0 spiro atoms. The third-order valence-electron chi connectivity index (χ3n) is 6.46. The van der Waals surface area contributed by atoms with Gasteiger partial charge in [0.05, 0.1) is 19.6 Å². The predicted octanol–water partition coefficient (Wildman–Crippen LogP) is 5.87. The second-order valence-corrected chi connectivity index (χ2v) is 9.60. The summed E-state index contributed by atoms with van der Waals surface area (Å²) >= 11 is 0. The average Bonchev–Trinajstić information content (AvgIpc) is 2.78. The van der Waals surface area contributed by atoms with Crippen LogP contribution in [0.1, 0.15) is 87.2 Å². The van der Waals surface area contributed by atoms with E-state index < -0.39 is 0 Å². The van der Waals surface area contributed by atoms with Gasteiger partial charge in [-0.05, 0) is 88.9 Å². The summed E-state index contributed by atoms with van der Waals surface area (Å²) in [6, 6.07) is 12.9. The number of benzene rings is 2. The van der Waals surface area contributed by atoms with E-state index in [2.05, 4.69) is 70.5 Å². The topological polar surface area (TPSA) is 38.8 Å². The summed E-state index contributed by atoms with van der Waals surface area (Å²) in [5, 5.41) is 0. The van der Waals surface area contributed by atoms with Gasteiger partial charge in [-0.1, -0.05) is 30.9 Å². The third kappa shape index (κ3) is 6.18. The highest BCUT2D eigenvalue weighted by molar-refractivity contribution is 5.72. The van der Waals surface area contributed by atoms with Crippen molar-refractivity contribution in [3.05, 3.63) is 64.2 Å². The monoisotopic (exact) mass is 447 g/mol. The molecule has 1 aliphatic carbocycles. The van der Waals surface area contributed by atoms with E-state index in [1.54, 1.807) is 0 Å². The maximum Gasteiger partial charge on any atom is 0.309 e. The van der Waals surface area contributed by atoms with Crippen LogP contribution >= 0.6 is 0 Å². The summed E-state index contributed by atoms with van der Waals surface area (Å²) in [6.07, 6.45) is 2.67. The second kappa shape index (κ2) is 10.9. The second-order valence-electron chi connectivity index (χ2n) is 9.60. The minimum absolute atomic E-state index is 0.0990. The van der Waals surface area contributed by atoms with Crippen LogP contribution < -0.4 is 4.74 Å². The molecule has 0 saturated carbocycles. The van der Waals surface area contributed by atoms with Crippen LogP contribution in [-0.2, 0) is 16.0 Å². The maximum absolute atomic E-state index is 11.5. The minimum atomic E-state index is -0.240. The van der Waals surface area contributed by atoms with Gasteiger partial charge in [0.25, 0.3) is 0 Å². The lowest BCUT2D eigenvalue weighted by Crippen LogP contribution is -2.34. The standard InChI is InChI=1S/C29H37NO3/c1-19(2)30(6)26-15-8-21(5)25-16-24(17-27(29(25)26)33-20(3)4)14-11-22-9-12-23(13-10-22)18-28(31)32-7/h9-10,12-13,16-17,19-21,26H,8,15,18H2,1-7H3. The number of nitrogens with zero attached hydrogens (tertiary/aromatic N) is 1. The number of ether oxygens (including phenoxy) is 2. The van der Waals surface area contributed by atoms with Crippen LogP contribution in [0, 0.1) is 11.8 Å². The zero-order valence-electron chi connectivity index (χ0n) is 21.1. The highest BCUT2D eigenvalue weighted by Gasteiger charge is 2.32. The molecule has 3 rings (SSSR count). The number of methoxy groups -OCH3 is 1. The summed E-state index contributed by atoms with van der Waals surface area (Å²) in [7, 11) is 3.62. The van der Waals surface area contributed by atoms with Gasteiger partial charge in [-0.15, -0.1) is 0 Å². The zero-order chi connectivity index (χ0) is 24.1. The lowest BCUT2D eigenvalue weighted by atomic mass is 9.79. The van der Waals surface area contributed by atoms with E-state index >= 15 is 0 Å². The Labute approximate surface area is 199 Å². The van der Waals surface area contributed by atoms with Crippen molar-refractivity contribution in [3.8, 4) is 17.6 Å². The number of hydrogen-bond donors (Lipinski definition) is 0. The molecule has 0 aliphatic heterocycles. The summed E-state index contributed by atoms with van der Waals surface area (Å²) in [6.45, 7) is 11.0. The van der Waals surface area contributed by atoms with Crippen molar-refractivity contribution >= 4 is 5.97 Å². The fraction of sp³-hybridized carbons (Fsp3) is 0.483. The van der Waals surface area contributed by atoms with Crippen molar-refractivity contribution in [1.29, 1.82) is 0 Å². The van der Waals surface area contributed by atoms with Crippen molar-refractivity contribution in [1.82, 2.24) is 4.90 Å². The SMILES string of the molecule is COC(=O)Cc1ccc(C#Cc2cc(OC(C)C)c3c(c2)C(C)CCC3N(C)C(C)C)cc1. The van der Waals surface area contributed by atoms with Gasteiger partial charge in [0, 0.05) is 28.8 Å². The maximum atomic E-state index is 11.5. The van der Waals surface area contributed by atoms with Gasteiger partial charge >= 0.3 is 5.97 Å². The van der Waals surface area contributed by atoms with Crippen molar-refractivity contribution in [2.45, 2.75) is 78.0 Å². The van der Waals surface area contributed by atoms with Gasteiger partial charge in [-0.2, -0.15) is 0 Å². The Kier molecular flexibility index (Phi) is 8.21. The molecule has 2 atom stereocenters. The number of fused-ring (bicyclic) bond motifs is 1. The molecule has 0 aromatic heterocycles. The summed E-state index contributed by atoms with van der Waals surface area (Å²) in [4.78, 5) is 13.9. The molecule has 33 heavy (non-hydrogen) atoms. The van der Waals surface area contributed by atoms with Gasteiger partial charge in [-0.3, -0.25) is 9.69 Å². The minimum Gasteiger partial charge on any atom is -0.491 e. The third-order valence-corrected chi connectivity index (χ3v) is 6.46. The summed E-state index contributed by atoms with van der Waals surface area (Å²) in [5.41, 5.74) is 5.50. The summed E-state index contributed by atoms with van der Waals surface area (Å²) in [5.74, 6) is 7.83. The molecule has 2 aromatic carbocycles. The Morgan fingerprint density at radius 3 is 2.33 bits per heavy atom. The van der Waals surface area contributed by atoms with Crippen molar-refractivity contribution < 1.29 is 14.3 Å². The molecule has 4 heteroatoms. The first kappa shape index (κ1) is 24.9. The first-order valence-electron chi connectivity index (χ1n) is 11.9. The van der Waals surface area contributed by atoms with Crippen LogP contribution in [0.25, 0.3) is 0 Å². The number of carbonyl (C=O) groups is 1. The molecule has 0 bridgehead atoms. The van der Waals surface area contributed by atoms with Gasteiger partial charge in [0.15, 0.2) is 0 Å². The van der Waals surface area contributed by atoms with Crippen LogP contribution in [0.5, 0.6) is 5.75 Å². The Bertz CT molecular complexity index is 1030. The highest BCUT2D eigenvalue weighted by atomic mass is 16.5. The van der Waals surface area contributed by atoms with Gasteiger partial charge in [0.2, 0.25) is 0 Å². The van der Waals surface area contributed by atoms with E-state index in [4.69, 9.17) is 9.47 Å². The molecule has 1 aliphatic rings. The van der Waals surface area contributed by atoms with Crippen LogP contribution in [-0.4, -0.2) is 37.2 Å². The first-order chi connectivity index (χ1) is 15.7.